The summed E-state index contributed by atoms with van der Waals surface area (Å²) in [6, 6.07) is 11.0. The van der Waals surface area contributed by atoms with Crippen LogP contribution in [0, 0.1) is 5.82 Å². The Morgan fingerprint density at radius 3 is 2.55 bits per heavy atom. The van der Waals surface area contributed by atoms with Gasteiger partial charge in [0.05, 0.1) is 18.5 Å². The minimum absolute atomic E-state index is 0.00786. The van der Waals surface area contributed by atoms with Crippen LogP contribution in [0.2, 0.25) is 5.02 Å². The molecule has 2 aromatic carbocycles. The number of rotatable bonds is 10. The van der Waals surface area contributed by atoms with Crippen molar-refractivity contribution >= 4 is 49.1 Å². The third-order valence-corrected chi connectivity index (χ3v) is 5.78. The standard InChI is InChI=1S/C19H21BrClFN2O4S/c1-29(26,27)24(18-9-4-14(20)13-17(18)22)11-2-3-19(25)23-10-12-28-16-7-5-15(21)6-8-16/h4-9,13H,2-3,10-12H2,1H3,(H,23,25). The van der Waals surface area contributed by atoms with Crippen LogP contribution in [0.5, 0.6) is 5.75 Å². The highest BCUT2D eigenvalue weighted by Gasteiger charge is 2.21. The molecular weight excluding hydrogens is 487 g/mol. The second-order valence-electron chi connectivity index (χ2n) is 6.19. The molecule has 2 aromatic rings. The summed E-state index contributed by atoms with van der Waals surface area (Å²) in [7, 11) is -3.69. The minimum Gasteiger partial charge on any atom is -0.492 e. The predicted molar refractivity (Wildman–Crippen MR) is 115 cm³/mol. The lowest BCUT2D eigenvalue weighted by atomic mass is 10.2. The van der Waals surface area contributed by atoms with E-state index in [1.807, 2.05) is 0 Å². The van der Waals surface area contributed by atoms with Gasteiger partial charge in [-0.1, -0.05) is 27.5 Å². The van der Waals surface area contributed by atoms with E-state index in [1.54, 1.807) is 30.3 Å². The number of hydrogen-bond donors (Lipinski definition) is 1. The number of benzene rings is 2. The molecular formula is C19H21BrClFN2O4S. The van der Waals surface area contributed by atoms with E-state index in [0.717, 1.165) is 10.6 Å². The van der Waals surface area contributed by atoms with Crippen LogP contribution >= 0.6 is 27.5 Å². The molecule has 0 bridgehead atoms. The lowest BCUT2D eigenvalue weighted by molar-refractivity contribution is -0.121. The fourth-order valence-corrected chi connectivity index (χ4v) is 3.94. The van der Waals surface area contributed by atoms with E-state index in [1.165, 1.54) is 12.1 Å². The molecule has 0 heterocycles. The Balaban J connectivity index is 1.78. The lowest BCUT2D eigenvalue weighted by Crippen LogP contribution is -2.33. The Hall–Kier alpha value is -1.84. The number of nitrogens with zero attached hydrogens (tertiary/aromatic N) is 1. The largest absolute Gasteiger partial charge is 0.492 e. The first kappa shape index (κ1) is 23.4. The Morgan fingerprint density at radius 1 is 1.24 bits per heavy atom. The summed E-state index contributed by atoms with van der Waals surface area (Å²) in [5.74, 6) is -0.257. The second-order valence-corrected chi connectivity index (χ2v) is 9.45. The molecule has 0 aliphatic rings. The normalized spacial score (nSPS) is 11.2. The molecule has 0 saturated carbocycles. The van der Waals surface area contributed by atoms with Crippen LogP contribution in [0.15, 0.2) is 46.9 Å². The van der Waals surface area contributed by atoms with Crippen LogP contribution in [-0.4, -0.2) is 40.3 Å². The number of nitrogens with one attached hydrogen (secondary N) is 1. The molecule has 2 rings (SSSR count). The quantitative estimate of drug-likeness (QED) is 0.494. The molecule has 0 radical (unpaired) electrons. The van der Waals surface area contributed by atoms with Crippen molar-refractivity contribution in [3.05, 3.63) is 57.8 Å². The lowest BCUT2D eigenvalue weighted by Gasteiger charge is -2.23. The molecule has 0 aromatic heterocycles. The zero-order valence-corrected chi connectivity index (χ0v) is 18.9. The molecule has 0 fully saturated rings. The smallest absolute Gasteiger partial charge is 0.232 e. The van der Waals surface area contributed by atoms with Crippen LogP contribution in [0.4, 0.5) is 10.1 Å². The van der Waals surface area contributed by atoms with Gasteiger partial charge in [0.1, 0.15) is 18.2 Å². The van der Waals surface area contributed by atoms with Gasteiger partial charge in [-0.05, 0) is 48.9 Å². The zero-order valence-electron chi connectivity index (χ0n) is 15.7. The first-order valence-corrected chi connectivity index (χ1v) is 11.8. The molecule has 0 aliphatic carbocycles. The highest BCUT2D eigenvalue weighted by molar-refractivity contribution is 9.10. The van der Waals surface area contributed by atoms with Crippen LogP contribution in [-0.2, 0) is 14.8 Å². The SMILES string of the molecule is CS(=O)(=O)N(CCCC(=O)NCCOc1ccc(Cl)cc1)c1ccc(Br)cc1F. The number of amides is 1. The van der Waals surface area contributed by atoms with Crippen molar-refractivity contribution in [3.63, 3.8) is 0 Å². The number of carbonyl (C=O) groups is 1. The molecule has 1 amide bonds. The van der Waals surface area contributed by atoms with Gasteiger partial charge in [-0.3, -0.25) is 9.10 Å². The summed E-state index contributed by atoms with van der Waals surface area (Å²) < 4.78 is 45.2. The van der Waals surface area contributed by atoms with Crippen LogP contribution < -0.4 is 14.4 Å². The summed E-state index contributed by atoms with van der Waals surface area (Å²) in [5.41, 5.74) is -0.0486. The number of anilines is 1. The van der Waals surface area contributed by atoms with E-state index in [2.05, 4.69) is 21.2 Å². The van der Waals surface area contributed by atoms with Gasteiger partial charge in [-0.25, -0.2) is 12.8 Å². The average molecular weight is 508 g/mol. The van der Waals surface area contributed by atoms with Gasteiger partial charge in [0.2, 0.25) is 15.9 Å². The molecule has 6 nitrogen and oxygen atoms in total. The van der Waals surface area contributed by atoms with Gasteiger partial charge >= 0.3 is 0 Å². The van der Waals surface area contributed by atoms with Crippen molar-refractivity contribution in [2.24, 2.45) is 0 Å². The number of ether oxygens (including phenoxy) is 1. The van der Waals surface area contributed by atoms with Crippen molar-refractivity contribution in [1.82, 2.24) is 5.32 Å². The Bertz CT molecular complexity index is 942. The molecule has 0 aliphatic heterocycles. The van der Waals surface area contributed by atoms with E-state index < -0.39 is 15.8 Å². The Labute approximate surface area is 183 Å². The third kappa shape index (κ3) is 7.83. The van der Waals surface area contributed by atoms with Crippen LogP contribution in [0.3, 0.4) is 0 Å². The summed E-state index contributed by atoms with van der Waals surface area (Å²) in [5, 5.41) is 3.31. The van der Waals surface area contributed by atoms with Gasteiger partial charge in [0.25, 0.3) is 0 Å². The fraction of sp³-hybridized carbons (Fsp3) is 0.316. The van der Waals surface area contributed by atoms with Crippen molar-refractivity contribution in [1.29, 1.82) is 0 Å². The average Bonchev–Trinajstić information content (AvgIpc) is 2.64. The number of hydrogen-bond acceptors (Lipinski definition) is 4. The Kier molecular flexibility index (Phi) is 8.73. The highest BCUT2D eigenvalue weighted by atomic mass is 79.9. The summed E-state index contributed by atoms with van der Waals surface area (Å²) in [6.07, 6.45) is 1.35. The van der Waals surface area contributed by atoms with Gasteiger partial charge in [-0.15, -0.1) is 0 Å². The van der Waals surface area contributed by atoms with Crippen molar-refractivity contribution in [2.45, 2.75) is 12.8 Å². The van der Waals surface area contributed by atoms with E-state index in [4.69, 9.17) is 16.3 Å². The first-order chi connectivity index (χ1) is 13.7. The van der Waals surface area contributed by atoms with E-state index >= 15 is 0 Å². The molecule has 158 valence electrons. The molecule has 0 unspecified atom stereocenters. The maximum atomic E-state index is 14.1. The van der Waals surface area contributed by atoms with Gasteiger partial charge < -0.3 is 10.1 Å². The molecule has 29 heavy (non-hydrogen) atoms. The maximum Gasteiger partial charge on any atom is 0.232 e. The van der Waals surface area contributed by atoms with E-state index in [0.29, 0.717) is 21.8 Å². The monoisotopic (exact) mass is 506 g/mol. The van der Waals surface area contributed by atoms with E-state index in [-0.39, 0.29) is 37.6 Å². The van der Waals surface area contributed by atoms with Crippen molar-refractivity contribution in [2.75, 3.05) is 30.3 Å². The van der Waals surface area contributed by atoms with Gasteiger partial charge in [0, 0.05) is 22.5 Å². The maximum absolute atomic E-state index is 14.1. The Morgan fingerprint density at radius 2 is 1.93 bits per heavy atom. The molecule has 0 atom stereocenters. The third-order valence-electron chi connectivity index (χ3n) is 3.85. The molecule has 10 heteroatoms. The zero-order chi connectivity index (χ0) is 21.4. The highest BCUT2D eigenvalue weighted by Crippen LogP contribution is 2.25. The molecule has 0 spiro atoms. The minimum atomic E-state index is -3.69. The van der Waals surface area contributed by atoms with Gasteiger partial charge in [-0.2, -0.15) is 0 Å². The topological polar surface area (TPSA) is 75.7 Å². The van der Waals surface area contributed by atoms with E-state index in [9.17, 15) is 17.6 Å². The summed E-state index contributed by atoms with van der Waals surface area (Å²) in [4.78, 5) is 11.9. The number of halogens is 3. The summed E-state index contributed by atoms with van der Waals surface area (Å²) in [6.45, 7) is 0.581. The van der Waals surface area contributed by atoms with Crippen LogP contribution in [0.25, 0.3) is 0 Å². The second kappa shape index (κ2) is 10.8. The predicted octanol–water partition coefficient (Wildman–Crippen LogP) is 3.98. The van der Waals surface area contributed by atoms with Crippen molar-refractivity contribution < 1.29 is 22.3 Å². The number of carbonyl (C=O) groups excluding carboxylic acids is 1. The van der Waals surface area contributed by atoms with Crippen LogP contribution in [0.1, 0.15) is 12.8 Å². The van der Waals surface area contributed by atoms with Gasteiger partial charge in [0.15, 0.2) is 0 Å². The van der Waals surface area contributed by atoms with Crippen molar-refractivity contribution in [3.8, 4) is 5.75 Å². The summed E-state index contributed by atoms with van der Waals surface area (Å²) >= 11 is 8.93. The fourth-order valence-electron chi connectivity index (χ4n) is 2.51. The molecule has 0 saturated heterocycles. The molecule has 1 N–H and O–H groups in total. The number of sulfonamides is 1. The first-order valence-electron chi connectivity index (χ1n) is 8.74.